The Morgan fingerprint density at radius 3 is 3.07 bits per heavy atom. The predicted octanol–water partition coefficient (Wildman–Crippen LogP) is 2.04. The third-order valence-electron chi connectivity index (χ3n) is 2.40. The molecule has 0 fully saturated rings. The molecule has 1 aromatic heterocycles. The average Bonchev–Trinajstić information content (AvgIpc) is 2.68. The number of carbonyl (C=O) groups excluding carboxylic acids is 1. The fourth-order valence-corrected chi connectivity index (χ4v) is 1.54. The quantitative estimate of drug-likeness (QED) is 0.714. The van der Waals surface area contributed by atoms with Gasteiger partial charge >= 0.3 is 0 Å². The van der Waals surface area contributed by atoms with Crippen LogP contribution in [-0.2, 0) is 6.54 Å². The average molecular weight is 203 g/mol. The lowest BCUT2D eigenvalue weighted by molar-refractivity contribution is 0.112. The van der Waals surface area contributed by atoms with E-state index in [4.69, 9.17) is 0 Å². The van der Waals surface area contributed by atoms with Crippen molar-refractivity contribution in [2.75, 3.05) is 0 Å². The monoisotopic (exact) mass is 203 g/mol. The van der Waals surface area contributed by atoms with Crippen LogP contribution in [0, 0.1) is 0 Å². The topological polar surface area (TPSA) is 47.8 Å². The van der Waals surface area contributed by atoms with Crippen LogP contribution in [0.5, 0.6) is 0 Å². The van der Waals surface area contributed by atoms with E-state index >= 15 is 0 Å². The fourth-order valence-electron chi connectivity index (χ4n) is 1.54. The molecule has 1 aromatic carbocycles. The van der Waals surface area contributed by atoms with Crippen molar-refractivity contribution in [3.8, 4) is 0 Å². The van der Waals surface area contributed by atoms with Crippen molar-refractivity contribution in [1.29, 1.82) is 0 Å². The van der Waals surface area contributed by atoms with Crippen LogP contribution in [-0.4, -0.2) is 21.3 Å². The zero-order valence-electron chi connectivity index (χ0n) is 8.68. The summed E-state index contributed by atoms with van der Waals surface area (Å²) in [6, 6.07) is 5.45. The van der Waals surface area contributed by atoms with E-state index in [1.165, 1.54) is 0 Å². The lowest BCUT2D eigenvalue weighted by Gasteiger charge is -1.99. The maximum absolute atomic E-state index is 10.6. The number of aromatic nitrogens is 3. The number of hydrogen-bond donors (Lipinski definition) is 0. The number of carbonyl (C=O) groups is 1. The maximum atomic E-state index is 10.6. The van der Waals surface area contributed by atoms with Crippen molar-refractivity contribution in [1.82, 2.24) is 15.0 Å². The van der Waals surface area contributed by atoms with E-state index in [2.05, 4.69) is 17.2 Å². The minimum atomic E-state index is 0.644. The number of hydrogen-bond acceptors (Lipinski definition) is 3. The second-order valence-electron chi connectivity index (χ2n) is 3.53. The molecular formula is C11H13N3O. The summed E-state index contributed by atoms with van der Waals surface area (Å²) in [6.07, 6.45) is 3.05. The Kier molecular flexibility index (Phi) is 2.76. The van der Waals surface area contributed by atoms with Gasteiger partial charge in [0.15, 0.2) is 0 Å². The van der Waals surface area contributed by atoms with E-state index in [-0.39, 0.29) is 0 Å². The Balaban J connectivity index is 2.38. The van der Waals surface area contributed by atoms with Crippen molar-refractivity contribution in [3.63, 3.8) is 0 Å². The minimum Gasteiger partial charge on any atom is -0.298 e. The van der Waals surface area contributed by atoms with Gasteiger partial charge in [0.05, 0.1) is 5.52 Å². The third-order valence-corrected chi connectivity index (χ3v) is 2.40. The molecule has 0 saturated heterocycles. The van der Waals surface area contributed by atoms with Gasteiger partial charge in [0.1, 0.15) is 11.8 Å². The van der Waals surface area contributed by atoms with Crippen LogP contribution in [0.15, 0.2) is 18.2 Å². The van der Waals surface area contributed by atoms with Crippen LogP contribution in [0.3, 0.4) is 0 Å². The molecule has 0 unspecified atom stereocenters. The molecule has 0 spiro atoms. The molecule has 2 aromatic rings. The predicted molar refractivity (Wildman–Crippen MR) is 57.8 cm³/mol. The highest BCUT2D eigenvalue weighted by atomic mass is 16.1. The molecule has 0 radical (unpaired) electrons. The standard InChI is InChI=1S/C11H13N3O/c1-2-3-6-14-11-5-4-9(8-15)7-10(11)12-13-14/h4-5,7-8H,2-3,6H2,1H3. The first kappa shape index (κ1) is 9.83. The van der Waals surface area contributed by atoms with Gasteiger partial charge in [0.25, 0.3) is 0 Å². The molecule has 0 N–H and O–H groups in total. The van der Waals surface area contributed by atoms with Crippen molar-refractivity contribution in [3.05, 3.63) is 23.8 Å². The Bertz CT molecular complexity index is 476. The number of unbranched alkanes of at least 4 members (excludes halogenated alkanes) is 1. The third kappa shape index (κ3) is 1.88. The number of fused-ring (bicyclic) bond motifs is 1. The van der Waals surface area contributed by atoms with Crippen LogP contribution < -0.4 is 0 Å². The summed E-state index contributed by atoms with van der Waals surface area (Å²) < 4.78 is 1.88. The van der Waals surface area contributed by atoms with Crippen molar-refractivity contribution < 1.29 is 4.79 Å². The summed E-state index contributed by atoms with van der Waals surface area (Å²) >= 11 is 0. The molecule has 0 amide bonds. The summed E-state index contributed by atoms with van der Waals surface area (Å²) in [5.41, 5.74) is 2.43. The van der Waals surface area contributed by atoms with Gasteiger partial charge in [-0.1, -0.05) is 18.6 Å². The van der Waals surface area contributed by atoms with Gasteiger partial charge in [-0.3, -0.25) is 4.79 Å². The van der Waals surface area contributed by atoms with Crippen LogP contribution in [0.4, 0.5) is 0 Å². The van der Waals surface area contributed by atoms with Gasteiger partial charge in [0.2, 0.25) is 0 Å². The van der Waals surface area contributed by atoms with Gasteiger partial charge in [-0.05, 0) is 24.6 Å². The highest BCUT2D eigenvalue weighted by Crippen LogP contribution is 2.12. The summed E-state index contributed by atoms with van der Waals surface area (Å²) in [6.45, 7) is 3.02. The van der Waals surface area contributed by atoms with E-state index in [1.54, 1.807) is 12.1 Å². The Hall–Kier alpha value is -1.71. The van der Waals surface area contributed by atoms with Crippen LogP contribution >= 0.6 is 0 Å². The molecular weight excluding hydrogens is 190 g/mol. The number of benzene rings is 1. The fraction of sp³-hybridized carbons (Fsp3) is 0.364. The number of nitrogens with zero attached hydrogens (tertiary/aromatic N) is 3. The second-order valence-corrected chi connectivity index (χ2v) is 3.53. The smallest absolute Gasteiger partial charge is 0.150 e. The molecule has 0 aliphatic carbocycles. The van der Waals surface area contributed by atoms with Gasteiger partial charge in [0, 0.05) is 12.1 Å². The maximum Gasteiger partial charge on any atom is 0.150 e. The molecule has 0 aliphatic rings. The molecule has 2 rings (SSSR count). The zero-order chi connectivity index (χ0) is 10.7. The Morgan fingerprint density at radius 1 is 1.47 bits per heavy atom. The SMILES string of the molecule is CCCCn1nnc2cc(C=O)ccc21. The summed E-state index contributed by atoms with van der Waals surface area (Å²) in [4.78, 5) is 10.6. The number of aryl methyl sites for hydroxylation is 1. The largest absolute Gasteiger partial charge is 0.298 e. The number of aldehydes is 1. The highest BCUT2D eigenvalue weighted by Gasteiger charge is 2.04. The van der Waals surface area contributed by atoms with Crippen molar-refractivity contribution >= 4 is 17.3 Å². The Morgan fingerprint density at radius 2 is 2.33 bits per heavy atom. The minimum absolute atomic E-state index is 0.644. The number of rotatable bonds is 4. The Labute approximate surface area is 87.9 Å². The molecule has 78 valence electrons. The molecule has 0 saturated carbocycles. The van der Waals surface area contributed by atoms with E-state index in [9.17, 15) is 4.79 Å². The molecule has 15 heavy (non-hydrogen) atoms. The van der Waals surface area contributed by atoms with E-state index in [0.29, 0.717) is 5.56 Å². The van der Waals surface area contributed by atoms with Crippen LogP contribution in [0.25, 0.3) is 11.0 Å². The van der Waals surface area contributed by atoms with Gasteiger partial charge in [-0.2, -0.15) is 0 Å². The van der Waals surface area contributed by atoms with Crippen molar-refractivity contribution in [2.45, 2.75) is 26.3 Å². The van der Waals surface area contributed by atoms with Crippen LogP contribution in [0.2, 0.25) is 0 Å². The van der Waals surface area contributed by atoms with E-state index in [0.717, 1.165) is 36.7 Å². The first-order valence-corrected chi connectivity index (χ1v) is 5.13. The van der Waals surface area contributed by atoms with Gasteiger partial charge < -0.3 is 0 Å². The van der Waals surface area contributed by atoms with E-state index in [1.807, 2.05) is 10.7 Å². The molecule has 0 atom stereocenters. The normalized spacial score (nSPS) is 10.7. The molecule has 4 heteroatoms. The van der Waals surface area contributed by atoms with Crippen LogP contribution in [0.1, 0.15) is 30.1 Å². The molecule has 0 bridgehead atoms. The zero-order valence-corrected chi connectivity index (χ0v) is 8.68. The molecule has 0 aliphatic heterocycles. The van der Waals surface area contributed by atoms with Crippen molar-refractivity contribution in [2.24, 2.45) is 0 Å². The van der Waals surface area contributed by atoms with Gasteiger partial charge in [-0.25, -0.2) is 4.68 Å². The van der Waals surface area contributed by atoms with Gasteiger partial charge in [-0.15, -0.1) is 5.10 Å². The molecule has 1 heterocycles. The summed E-state index contributed by atoms with van der Waals surface area (Å²) in [7, 11) is 0. The lowest BCUT2D eigenvalue weighted by atomic mass is 10.2. The molecule has 4 nitrogen and oxygen atoms in total. The summed E-state index contributed by atoms with van der Waals surface area (Å²) in [5, 5.41) is 8.09. The van der Waals surface area contributed by atoms with E-state index < -0.39 is 0 Å². The lowest BCUT2D eigenvalue weighted by Crippen LogP contribution is -1.99. The first-order valence-electron chi connectivity index (χ1n) is 5.13. The first-order chi connectivity index (χ1) is 7.35. The second kappa shape index (κ2) is 4.21. The summed E-state index contributed by atoms with van der Waals surface area (Å²) in [5.74, 6) is 0. The highest BCUT2D eigenvalue weighted by molar-refractivity contribution is 5.84.